The van der Waals surface area contributed by atoms with Gasteiger partial charge in [0.1, 0.15) is 6.33 Å². The van der Waals surface area contributed by atoms with E-state index in [1.807, 2.05) is 12.1 Å². The molecule has 6 heteroatoms. The van der Waals surface area contributed by atoms with Crippen molar-refractivity contribution in [2.24, 2.45) is 0 Å². The van der Waals surface area contributed by atoms with Gasteiger partial charge in [0.15, 0.2) is 0 Å². The van der Waals surface area contributed by atoms with Gasteiger partial charge in [-0.3, -0.25) is 0 Å². The van der Waals surface area contributed by atoms with Crippen LogP contribution in [0, 0.1) is 0 Å². The van der Waals surface area contributed by atoms with Gasteiger partial charge in [0.05, 0.1) is 11.8 Å². The van der Waals surface area contributed by atoms with Gasteiger partial charge in [0.2, 0.25) is 0 Å². The zero-order valence-corrected chi connectivity index (χ0v) is 10.9. The predicted octanol–water partition coefficient (Wildman–Crippen LogP) is 1.64. The standard InChI is InChI=1S/C13H17N5O/c1-10-7-12(5-6-19-10)15-11-3-2-4-13(8-11)18-9-14-16-17-18/h2-4,8-10,12,15H,5-7H2,1H3. The van der Waals surface area contributed by atoms with Gasteiger partial charge >= 0.3 is 0 Å². The summed E-state index contributed by atoms with van der Waals surface area (Å²) in [6, 6.07) is 8.56. The van der Waals surface area contributed by atoms with Gasteiger partial charge in [-0.05, 0) is 48.4 Å². The number of nitrogens with zero attached hydrogens (tertiary/aromatic N) is 4. The van der Waals surface area contributed by atoms with Crippen LogP contribution >= 0.6 is 0 Å². The third-order valence-electron chi connectivity index (χ3n) is 3.32. The summed E-state index contributed by atoms with van der Waals surface area (Å²) in [6.07, 6.45) is 4.00. The molecule has 2 aromatic rings. The van der Waals surface area contributed by atoms with Crippen molar-refractivity contribution >= 4 is 5.69 Å². The highest BCUT2D eigenvalue weighted by Gasteiger charge is 2.18. The molecule has 2 heterocycles. The molecule has 0 aliphatic carbocycles. The highest BCUT2D eigenvalue weighted by molar-refractivity contribution is 5.51. The molecule has 3 rings (SSSR count). The monoisotopic (exact) mass is 259 g/mol. The predicted molar refractivity (Wildman–Crippen MR) is 71.2 cm³/mol. The second-order valence-corrected chi connectivity index (χ2v) is 4.85. The number of aromatic nitrogens is 4. The molecule has 6 nitrogen and oxygen atoms in total. The number of hydrogen-bond donors (Lipinski definition) is 1. The molecule has 1 aliphatic heterocycles. The fourth-order valence-corrected chi connectivity index (χ4v) is 2.38. The van der Waals surface area contributed by atoms with E-state index in [-0.39, 0.29) is 0 Å². The molecule has 2 atom stereocenters. The molecule has 1 fully saturated rings. The number of tetrazole rings is 1. The summed E-state index contributed by atoms with van der Waals surface area (Å²) in [5, 5.41) is 14.7. The van der Waals surface area contributed by atoms with E-state index in [2.05, 4.69) is 39.9 Å². The van der Waals surface area contributed by atoms with Gasteiger partial charge in [-0.1, -0.05) is 6.07 Å². The number of benzene rings is 1. The van der Waals surface area contributed by atoms with Crippen LogP contribution in [0.5, 0.6) is 0 Å². The van der Waals surface area contributed by atoms with E-state index in [0.29, 0.717) is 12.1 Å². The Balaban J connectivity index is 1.73. The first-order chi connectivity index (χ1) is 9.31. The fourth-order valence-electron chi connectivity index (χ4n) is 2.38. The lowest BCUT2D eigenvalue weighted by Crippen LogP contribution is -2.32. The highest BCUT2D eigenvalue weighted by Crippen LogP contribution is 2.20. The zero-order chi connectivity index (χ0) is 13.1. The van der Waals surface area contributed by atoms with Crippen LogP contribution in [0.1, 0.15) is 19.8 Å². The molecule has 1 N–H and O–H groups in total. The third-order valence-corrected chi connectivity index (χ3v) is 3.32. The van der Waals surface area contributed by atoms with Crippen molar-refractivity contribution in [3.05, 3.63) is 30.6 Å². The molecule has 100 valence electrons. The summed E-state index contributed by atoms with van der Waals surface area (Å²) in [5.41, 5.74) is 2.04. The first-order valence-corrected chi connectivity index (χ1v) is 6.53. The van der Waals surface area contributed by atoms with Crippen LogP contribution in [0.2, 0.25) is 0 Å². The molecule has 0 radical (unpaired) electrons. The van der Waals surface area contributed by atoms with Crippen molar-refractivity contribution in [3.8, 4) is 5.69 Å². The number of nitrogens with one attached hydrogen (secondary N) is 1. The molecule has 2 unspecified atom stereocenters. The molecule has 1 saturated heterocycles. The Bertz CT molecular complexity index is 528. The highest BCUT2D eigenvalue weighted by atomic mass is 16.5. The summed E-state index contributed by atoms with van der Waals surface area (Å²) < 4.78 is 7.21. The van der Waals surface area contributed by atoms with Crippen LogP contribution in [-0.2, 0) is 4.74 Å². The molecular formula is C13H17N5O. The third kappa shape index (κ3) is 2.90. The summed E-state index contributed by atoms with van der Waals surface area (Å²) in [5.74, 6) is 0. The van der Waals surface area contributed by atoms with Crippen molar-refractivity contribution < 1.29 is 4.74 Å². The first kappa shape index (κ1) is 12.1. The van der Waals surface area contributed by atoms with Crippen molar-refractivity contribution in [2.75, 3.05) is 11.9 Å². The lowest BCUT2D eigenvalue weighted by atomic mass is 10.0. The van der Waals surface area contributed by atoms with Crippen molar-refractivity contribution in [1.29, 1.82) is 0 Å². The van der Waals surface area contributed by atoms with Crippen LogP contribution in [-0.4, -0.2) is 39.0 Å². The topological polar surface area (TPSA) is 64.9 Å². The lowest BCUT2D eigenvalue weighted by molar-refractivity contribution is 0.0232. The molecule has 1 aromatic heterocycles. The average Bonchev–Trinajstić information content (AvgIpc) is 2.93. The normalized spacial score (nSPS) is 23.2. The maximum atomic E-state index is 5.56. The SMILES string of the molecule is CC1CC(Nc2cccc(-n3cnnn3)c2)CCO1. The van der Waals surface area contributed by atoms with E-state index in [1.165, 1.54) is 0 Å². The minimum atomic E-state index is 0.328. The molecule has 19 heavy (non-hydrogen) atoms. The van der Waals surface area contributed by atoms with E-state index in [9.17, 15) is 0 Å². The van der Waals surface area contributed by atoms with Crippen molar-refractivity contribution in [3.63, 3.8) is 0 Å². The van der Waals surface area contributed by atoms with Crippen LogP contribution in [0.25, 0.3) is 5.69 Å². The van der Waals surface area contributed by atoms with E-state index in [1.54, 1.807) is 11.0 Å². The Morgan fingerprint density at radius 1 is 1.42 bits per heavy atom. The zero-order valence-electron chi connectivity index (χ0n) is 10.9. The van der Waals surface area contributed by atoms with Crippen LogP contribution in [0.3, 0.4) is 0 Å². The van der Waals surface area contributed by atoms with Crippen LogP contribution in [0.15, 0.2) is 30.6 Å². The molecule has 1 aromatic carbocycles. The van der Waals surface area contributed by atoms with E-state index in [0.717, 1.165) is 30.8 Å². The summed E-state index contributed by atoms with van der Waals surface area (Å²) in [7, 11) is 0. The second kappa shape index (κ2) is 5.36. The molecule has 0 amide bonds. The Morgan fingerprint density at radius 2 is 2.37 bits per heavy atom. The van der Waals surface area contributed by atoms with E-state index >= 15 is 0 Å². The van der Waals surface area contributed by atoms with E-state index in [4.69, 9.17) is 4.74 Å². The van der Waals surface area contributed by atoms with Gasteiger partial charge in [0.25, 0.3) is 0 Å². The quantitative estimate of drug-likeness (QED) is 0.907. The largest absolute Gasteiger partial charge is 0.382 e. The Morgan fingerprint density at radius 3 is 3.16 bits per heavy atom. The Kier molecular flexibility index (Phi) is 3.41. The summed E-state index contributed by atoms with van der Waals surface area (Å²) in [4.78, 5) is 0. The minimum Gasteiger partial charge on any atom is -0.382 e. The van der Waals surface area contributed by atoms with Crippen LogP contribution in [0.4, 0.5) is 5.69 Å². The van der Waals surface area contributed by atoms with Crippen molar-refractivity contribution in [1.82, 2.24) is 20.2 Å². The van der Waals surface area contributed by atoms with E-state index < -0.39 is 0 Å². The smallest absolute Gasteiger partial charge is 0.143 e. The Labute approximate surface area is 111 Å². The second-order valence-electron chi connectivity index (χ2n) is 4.85. The van der Waals surface area contributed by atoms with Gasteiger partial charge in [-0.2, -0.15) is 0 Å². The minimum absolute atomic E-state index is 0.328. The molecule has 1 aliphatic rings. The number of anilines is 1. The summed E-state index contributed by atoms with van der Waals surface area (Å²) >= 11 is 0. The van der Waals surface area contributed by atoms with Crippen LogP contribution < -0.4 is 5.32 Å². The van der Waals surface area contributed by atoms with Gasteiger partial charge < -0.3 is 10.1 Å². The van der Waals surface area contributed by atoms with Gasteiger partial charge in [0, 0.05) is 18.3 Å². The molecular weight excluding hydrogens is 242 g/mol. The number of rotatable bonds is 3. The maximum absolute atomic E-state index is 5.56. The summed E-state index contributed by atoms with van der Waals surface area (Å²) in [6.45, 7) is 2.94. The molecule has 0 spiro atoms. The van der Waals surface area contributed by atoms with Gasteiger partial charge in [-0.25, -0.2) is 4.68 Å². The lowest BCUT2D eigenvalue weighted by Gasteiger charge is -2.28. The maximum Gasteiger partial charge on any atom is 0.143 e. The number of ether oxygens (including phenoxy) is 1. The number of hydrogen-bond acceptors (Lipinski definition) is 5. The van der Waals surface area contributed by atoms with Crippen molar-refractivity contribution in [2.45, 2.75) is 31.9 Å². The molecule has 0 bridgehead atoms. The fraction of sp³-hybridized carbons (Fsp3) is 0.462. The average molecular weight is 259 g/mol. The molecule has 0 saturated carbocycles. The first-order valence-electron chi connectivity index (χ1n) is 6.53. The van der Waals surface area contributed by atoms with Gasteiger partial charge in [-0.15, -0.1) is 5.10 Å². The Hall–Kier alpha value is -1.95.